The Morgan fingerprint density at radius 2 is 2.03 bits per heavy atom. The number of pyridine rings is 1. The number of ether oxygens (including phenoxy) is 2. The molecular formula is C24H28N4O5. The Morgan fingerprint density at radius 1 is 1.27 bits per heavy atom. The van der Waals surface area contributed by atoms with Crippen LogP contribution >= 0.6 is 0 Å². The van der Waals surface area contributed by atoms with Crippen molar-refractivity contribution in [2.45, 2.75) is 52.4 Å². The molecule has 2 aromatic heterocycles. The van der Waals surface area contributed by atoms with E-state index in [2.05, 4.69) is 22.5 Å². The number of carbonyl (C=O) groups excluding carboxylic acids is 2. The van der Waals surface area contributed by atoms with Gasteiger partial charge in [-0.15, -0.1) is 0 Å². The van der Waals surface area contributed by atoms with E-state index in [1.165, 1.54) is 7.11 Å². The lowest BCUT2D eigenvalue weighted by Gasteiger charge is -2.29. The van der Waals surface area contributed by atoms with Crippen LogP contribution in [0.3, 0.4) is 0 Å². The van der Waals surface area contributed by atoms with Crippen LogP contribution in [0.4, 0.5) is 4.79 Å². The van der Waals surface area contributed by atoms with Gasteiger partial charge in [-0.05, 0) is 43.5 Å². The number of hydrogen-bond donors (Lipinski definition) is 2. The summed E-state index contributed by atoms with van der Waals surface area (Å²) in [5, 5.41) is 18.6. The lowest BCUT2D eigenvalue weighted by atomic mass is 9.81. The van der Waals surface area contributed by atoms with E-state index in [9.17, 15) is 14.7 Å². The number of alkyl carbamates (subject to hydrolysis) is 1. The lowest BCUT2D eigenvalue weighted by molar-refractivity contribution is -0.129. The first-order chi connectivity index (χ1) is 15.7. The van der Waals surface area contributed by atoms with Crippen LogP contribution in [-0.2, 0) is 16.1 Å². The van der Waals surface area contributed by atoms with E-state index in [1.807, 2.05) is 50.7 Å². The molecule has 1 aromatic carbocycles. The molecule has 0 bridgehead atoms. The van der Waals surface area contributed by atoms with E-state index >= 15 is 0 Å². The van der Waals surface area contributed by atoms with Crippen LogP contribution in [0.1, 0.15) is 37.8 Å². The van der Waals surface area contributed by atoms with E-state index in [0.717, 1.165) is 28.6 Å². The third-order valence-electron chi connectivity index (χ3n) is 6.12. The third kappa shape index (κ3) is 4.04. The Kier molecular flexibility index (Phi) is 6.07. The number of nitrogens with zero attached hydrogens (tertiary/aromatic N) is 3. The number of fused-ring (bicyclic) bond motifs is 1. The zero-order valence-electron chi connectivity index (χ0n) is 19.3. The summed E-state index contributed by atoms with van der Waals surface area (Å²) in [6, 6.07) is 7.83. The standard InChI is InChI=1S/C24H28N4O5/c1-6-28-18-10-14(9-13(4)16(18)11-25-28)17-8-7-15(23(26-17)32-5)19(12(2)3)20(29)21-22(30)27-24(31)33-21/h7-12,19-21,29H,6H2,1-5H3,(H,27,30,31). The van der Waals surface area contributed by atoms with Crippen LogP contribution in [-0.4, -0.2) is 51.2 Å². The highest BCUT2D eigenvalue weighted by molar-refractivity contribution is 6.00. The van der Waals surface area contributed by atoms with Crippen LogP contribution in [0.15, 0.2) is 30.5 Å². The third-order valence-corrected chi connectivity index (χ3v) is 6.12. The molecule has 0 spiro atoms. The second-order valence-electron chi connectivity index (χ2n) is 8.56. The molecule has 9 heteroatoms. The van der Waals surface area contributed by atoms with Crippen molar-refractivity contribution in [3.05, 3.63) is 41.6 Å². The average Bonchev–Trinajstić information content (AvgIpc) is 3.35. The number of hydrogen-bond acceptors (Lipinski definition) is 7. The van der Waals surface area contributed by atoms with Crippen molar-refractivity contribution in [2.24, 2.45) is 5.92 Å². The van der Waals surface area contributed by atoms with Gasteiger partial charge < -0.3 is 14.6 Å². The van der Waals surface area contributed by atoms with Gasteiger partial charge in [0.05, 0.1) is 24.5 Å². The Bertz CT molecular complexity index is 1220. The minimum atomic E-state index is -1.28. The molecule has 0 saturated carbocycles. The van der Waals surface area contributed by atoms with Gasteiger partial charge in [-0.2, -0.15) is 5.10 Å². The molecule has 33 heavy (non-hydrogen) atoms. The molecule has 3 heterocycles. The Morgan fingerprint density at radius 3 is 2.64 bits per heavy atom. The summed E-state index contributed by atoms with van der Waals surface area (Å²) in [5.74, 6) is -0.949. The number of methoxy groups -OCH3 is 1. The number of benzene rings is 1. The highest BCUT2D eigenvalue weighted by atomic mass is 16.6. The topological polar surface area (TPSA) is 116 Å². The minimum Gasteiger partial charge on any atom is -0.481 e. The van der Waals surface area contributed by atoms with Gasteiger partial charge in [-0.1, -0.05) is 19.9 Å². The number of aliphatic hydroxyl groups excluding tert-OH is 1. The van der Waals surface area contributed by atoms with E-state index in [1.54, 1.807) is 0 Å². The number of rotatable bonds is 7. The summed E-state index contributed by atoms with van der Waals surface area (Å²) in [7, 11) is 1.52. The zero-order chi connectivity index (χ0) is 23.9. The first-order valence-electron chi connectivity index (χ1n) is 11.0. The van der Waals surface area contributed by atoms with Crippen LogP contribution in [0.2, 0.25) is 0 Å². The molecule has 3 aromatic rings. The number of aromatic nitrogens is 3. The second-order valence-corrected chi connectivity index (χ2v) is 8.56. The number of nitrogens with one attached hydrogen (secondary N) is 1. The summed E-state index contributed by atoms with van der Waals surface area (Å²) >= 11 is 0. The molecule has 3 unspecified atom stereocenters. The van der Waals surface area contributed by atoms with Crippen molar-refractivity contribution in [2.75, 3.05) is 7.11 Å². The number of cyclic esters (lactones) is 1. The molecule has 0 radical (unpaired) electrons. The molecule has 1 saturated heterocycles. The number of imide groups is 1. The van der Waals surface area contributed by atoms with E-state index < -0.39 is 30.1 Å². The molecule has 1 aliphatic heterocycles. The number of carbonyl (C=O) groups is 2. The monoisotopic (exact) mass is 452 g/mol. The maximum atomic E-state index is 12.1. The van der Waals surface area contributed by atoms with Crippen LogP contribution in [0, 0.1) is 12.8 Å². The molecule has 4 rings (SSSR count). The smallest absolute Gasteiger partial charge is 0.414 e. The van der Waals surface area contributed by atoms with E-state index in [4.69, 9.17) is 14.5 Å². The predicted octanol–water partition coefficient (Wildman–Crippen LogP) is 3.17. The van der Waals surface area contributed by atoms with Gasteiger partial charge in [0.25, 0.3) is 5.91 Å². The molecule has 9 nitrogen and oxygen atoms in total. The first-order valence-corrected chi connectivity index (χ1v) is 11.0. The molecular weight excluding hydrogens is 424 g/mol. The predicted molar refractivity (Wildman–Crippen MR) is 122 cm³/mol. The number of aliphatic hydroxyl groups is 1. The summed E-state index contributed by atoms with van der Waals surface area (Å²) in [6.45, 7) is 8.68. The molecule has 2 amide bonds. The van der Waals surface area contributed by atoms with Gasteiger partial charge in [0, 0.05) is 29.0 Å². The normalized spacial score (nSPS) is 17.8. The van der Waals surface area contributed by atoms with Crippen LogP contribution in [0.25, 0.3) is 22.2 Å². The maximum absolute atomic E-state index is 12.1. The second kappa shape index (κ2) is 8.82. The fourth-order valence-corrected chi connectivity index (χ4v) is 4.50. The van der Waals surface area contributed by atoms with Crippen molar-refractivity contribution in [3.8, 4) is 17.1 Å². The summed E-state index contributed by atoms with van der Waals surface area (Å²) in [4.78, 5) is 28.3. The van der Waals surface area contributed by atoms with Crippen molar-refractivity contribution >= 4 is 22.9 Å². The minimum absolute atomic E-state index is 0.0915. The molecule has 3 atom stereocenters. The quantitative estimate of drug-likeness (QED) is 0.566. The van der Waals surface area contributed by atoms with Gasteiger partial charge in [0.2, 0.25) is 12.0 Å². The molecule has 2 N–H and O–H groups in total. The van der Waals surface area contributed by atoms with E-state index in [0.29, 0.717) is 17.1 Å². The van der Waals surface area contributed by atoms with Crippen LogP contribution in [0.5, 0.6) is 5.88 Å². The van der Waals surface area contributed by atoms with Gasteiger partial charge >= 0.3 is 6.09 Å². The molecule has 1 fully saturated rings. The number of amides is 2. The van der Waals surface area contributed by atoms with E-state index in [-0.39, 0.29) is 5.92 Å². The van der Waals surface area contributed by atoms with Gasteiger partial charge in [0.1, 0.15) is 6.10 Å². The van der Waals surface area contributed by atoms with Crippen LogP contribution < -0.4 is 10.1 Å². The summed E-state index contributed by atoms with van der Waals surface area (Å²) < 4.78 is 12.5. The highest BCUT2D eigenvalue weighted by Crippen LogP contribution is 2.38. The lowest BCUT2D eigenvalue weighted by Crippen LogP contribution is -2.40. The van der Waals surface area contributed by atoms with Gasteiger partial charge in [-0.3, -0.25) is 14.8 Å². The first kappa shape index (κ1) is 22.7. The fourth-order valence-electron chi connectivity index (χ4n) is 4.50. The average molecular weight is 453 g/mol. The molecule has 174 valence electrons. The SMILES string of the molecule is CCn1ncc2c(C)cc(-c3ccc(C(C(C)C)C(O)C4OC(=O)NC4=O)c(OC)n3)cc21. The Balaban J connectivity index is 1.75. The zero-order valence-corrected chi connectivity index (χ0v) is 19.3. The number of aryl methyl sites for hydroxylation is 2. The Labute approximate surface area is 191 Å². The largest absolute Gasteiger partial charge is 0.481 e. The fraction of sp³-hybridized carbons (Fsp3) is 0.417. The van der Waals surface area contributed by atoms with Crippen molar-refractivity contribution in [3.63, 3.8) is 0 Å². The highest BCUT2D eigenvalue weighted by Gasteiger charge is 2.43. The maximum Gasteiger partial charge on any atom is 0.414 e. The molecule has 0 aliphatic carbocycles. The van der Waals surface area contributed by atoms with Crippen molar-refractivity contribution in [1.82, 2.24) is 20.1 Å². The Hall–Kier alpha value is -3.46. The van der Waals surface area contributed by atoms with Gasteiger partial charge in [0.15, 0.2) is 0 Å². The van der Waals surface area contributed by atoms with Crippen molar-refractivity contribution < 1.29 is 24.2 Å². The van der Waals surface area contributed by atoms with Gasteiger partial charge in [-0.25, -0.2) is 9.78 Å². The van der Waals surface area contributed by atoms with Crippen molar-refractivity contribution in [1.29, 1.82) is 0 Å². The summed E-state index contributed by atoms with van der Waals surface area (Å²) in [5.41, 5.74) is 4.40. The molecule has 1 aliphatic rings. The summed E-state index contributed by atoms with van der Waals surface area (Å²) in [6.07, 6.45) is -1.52.